The fraction of sp³-hybridized carbons (Fsp3) is 0.585. The lowest BCUT2D eigenvalue weighted by Crippen LogP contribution is -2.51. The normalized spacial score (nSPS) is 12.1. The molecule has 5 amide bonds. The van der Waals surface area contributed by atoms with Gasteiger partial charge in [0.05, 0.1) is 18.0 Å². The molecule has 4 heterocycles. The fourth-order valence-corrected chi connectivity index (χ4v) is 13.0. The lowest BCUT2D eigenvalue weighted by Gasteiger charge is -2.16. The molecule has 0 bridgehead atoms. The lowest BCUT2D eigenvalue weighted by atomic mass is 10.0. The Balaban J connectivity index is 1.56. The first-order valence-corrected chi connectivity index (χ1v) is 28.7. The largest absolute Gasteiger partial charge is 0.480 e. The SMILES string of the molecule is CCCCCCc1cc(-c2sc(-c3sc(-c4sccc4CCCCCC)cc3CCCCCC)cc2CCCCCC)sc1C(=O)NCC(=O)N[C@@H](C)C(=O)NCC(=O)N[C@@H](C)C(=O)NCC(=O)O. The van der Waals surface area contributed by atoms with Crippen molar-refractivity contribution >= 4 is 80.9 Å². The van der Waals surface area contributed by atoms with Gasteiger partial charge in [-0.3, -0.25) is 28.8 Å². The van der Waals surface area contributed by atoms with E-state index in [0.29, 0.717) is 4.88 Å². The van der Waals surface area contributed by atoms with Crippen molar-refractivity contribution in [2.45, 2.75) is 182 Å². The zero-order chi connectivity index (χ0) is 50.1. The van der Waals surface area contributed by atoms with Gasteiger partial charge in [0.1, 0.15) is 18.6 Å². The lowest BCUT2D eigenvalue weighted by molar-refractivity contribution is -0.138. The first kappa shape index (κ1) is 57.2. The van der Waals surface area contributed by atoms with E-state index in [1.165, 1.54) is 137 Å². The number of hydrogen-bond donors (Lipinski definition) is 6. The molecule has 12 nitrogen and oxygen atoms in total. The molecule has 0 aliphatic heterocycles. The zero-order valence-corrected chi connectivity index (χ0v) is 45.1. The number of aliphatic carboxylic acids is 1. The maximum atomic E-state index is 14.0. The smallest absolute Gasteiger partial charge is 0.322 e. The molecule has 0 saturated heterocycles. The van der Waals surface area contributed by atoms with Gasteiger partial charge in [0.25, 0.3) is 5.91 Å². The van der Waals surface area contributed by atoms with E-state index in [1.54, 1.807) is 0 Å². The van der Waals surface area contributed by atoms with Crippen molar-refractivity contribution in [3.8, 4) is 29.3 Å². The summed E-state index contributed by atoms with van der Waals surface area (Å²) < 4.78 is 0. The van der Waals surface area contributed by atoms with Crippen molar-refractivity contribution in [1.82, 2.24) is 26.6 Å². The molecular formula is C53H77N5O7S4. The van der Waals surface area contributed by atoms with Crippen molar-refractivity contribution in [2.24, 2.45) is 0 Å². The molecule has 4 aromatic heterocycles. The van der Waals surface area contributed by atoms with Crippen molar-refractivity contribution < 1.29 is 33.9 Å². The molecule has 6 N–H and O–H groups in total. The fourth-order valence-electron chi connectivity index (χ4n) is 8.10. The van der Waals surface area contributed by atoms with Gasteiger partial charge in [0.2, 0.25) is 23.6 Å². The Labute approximate surface area is 426 Å². The minimum atomic E-state index is -1.22. The van der Waals surface area contributed by atoms with E-state index in [4.69, 9.17) is 5.11 Å². The molecule has 4 aromatic rings. The minimum absolute atomic E-state index is 0.331. The molecular weight excluding hydrogens is 947 g/mol. The number of rotatable bonds is 34. The van der Waals surface area contributed by atoms with Crippen LogP contribution in [0.15, 0.2) is 29.6 Å². The number of unbranched alkanes of at least 4 members (excludes halogenated alkanes) is 12. The van der Waals surface area contributed by atoms with E-state index < -0.39 is 54.8 Å². The highest BCUT2D eigenvalue weighted by Gasteiger charge is 2.25. The van der Waals surface area contributed by atoms with E-state index in [9.17, 15) is 28.8 Å². The number of nitrogens with one attached hydrogen (secondary N) is 5. The van der Waals surface area contributed by atoms with Gasteiger partial charge >= 0.3 is 5.97 Å². The minimum Gasteiger partial charge on any atom is -0.480 e. The van der Waals surface area contributed by atoms with Gasteiger partial charge in [-0.25, -0.2) is 0 Å². The highest BCUT2D eigenvalue weighted by atomic mass is 32.1. The Hall–Kier alpha value is -4.38. The highest BCUT2D eigenvalue weighted by molar-refractivity contribution is 7.29. The van der Waals surface area contributed by atoms with Crippen molar-refractivity contribution in [1.29, 1.82) is 0 Å². The van der Waals surface area contributed by atoms with Gasteiger partial charge < -0.3 is 31.7 Å². The van der Waals surface area contributed by atoms with Gasteiger partial charge in [0, 0.05) is 29.3 Å². The summed E-state index contributed by atoms with van der Waals surface area (Å²) in [6, 6.07) is 7.41. The molecule has 4 rings (SSSR count). The molecule has 0 saturated carbocycles. The molecule has 2 atom stereocenters. The maximum absolute atomic E-state index is 14.0. The van der Waals surface area contributed by atoms with Crippen LogP contribution in [0, 0.1) is 0 Å². The molecule has 0 spiro atoms. The van der Waals surface area contributed by atoms with Crippen LogP contribution in [0.2, 0.25) is 0 Å². The van der Waals surface area contributed by atoms with E-state index in [1.807, 2.05) is 34.0 Å². The predicted molar refractivity (Wildman–Crippen MR) is 287 cm³/mol. The third-order valence-corrected chi connectivity index (χ3v) is 17.1. The quantitative estimate of drug-likeness (QED) is 0.0252. The number of hydrogen-bond acceptors (Lipinski definition) is 10. The van der Waals surface area contributed by atoms with Crippen LogP contribution >= 0.6 is 45.3 Å². The van der Waals surface area contributed by atoms with Crippen LogP contribution < -0.4 is 26.6 Å². The predicted octanol–water partition coefficient (Wildman–Crippen LogP) is 11.5. The van der Waals surface area contributed by atoms with Crippen molar-refractivity contribution in [2.75, 3.05) is 19.6 Å². The summed E-state index contributed by atoms with van der Waals surface area (Å²) in [6.07, 6.45) is 22.6. The average molecular weight is 1020 g/mol. The molecule has 0 radical (unpaired) electrons. The first-order chi connectivity index (χ1) is 33.3. The average Bonchev–Trinajstić information content (AvgIpc) is 4.16. The number of carboxylic acids is 1. The van der Waals surface area contributed by atoms with Crippen molar-refractivity contribution in [3.63, 3.8) is 0 Å². The first-order valence-electron chi connectivity index (χ1n) is 25.4. The Bertz CT molecular complexity index is 2260. The Kier molecular flexibility index (Phi) is 25.7. The summed E-state index contributed by atoms with van der Waals surface area (Å²) in [6.45, 7) is 10.4. The van der Waals surface area contributed by atoms with Crippen LogP contribution in [0.4, 0.5) is 0 Å². The van der Waals surface area contributed by atoms with Crippen LogP contribution in [-0.4, -0.2) is 72.3 Å². The Morgan fingerprint density at radius 1 is 0.493 bits per heavy atom. The second-order valence-corrected chi connectivity index (χ2v) is 22.1. The van der Waals surface area contributed by atoms with Gasteiger partial charge in [-0.05, 0) is 117 Å². The van der Waals surface area contributed by atoms with E-state index in [0.717, 1.165) is 68.2 Å². The third-order valence-electron chi connectivity index (χ3n) is 12.0. The van der Waals surface area contributed by atoms with Gasteiger partial charge in [-0.1, -0.05) is 105 Å². The number of carbonyl (C=O) groups excluding carboxylic acids is 5. The number of amides is 5. The third kappa shape index (κ3) is 19.0. The number of aryl methyl sites for hydroxylation is 4. The monoisotopic (exact) mass is 1020 g/mol. The topological polar surface area (TPSA) is 183 Å². The van der Waals surface area contributed by atoms with Gasteiger partial charge in [-0.2, -0.15) is 0 Å². The summed E-state index contributed by atoms with van der Waals surface area (Å²) in [5.41, 5.74) is 5.21. The number of carboxylic acid groups (broad SMARTS) is 1. The summed E-state index contributed by atoms with van der Waals surface area (Å²) in [5.74, 6) is -4.12. The summed E-state index contributed by atoms with van der Waals surface area (Å²) in [5, 5.41) is 23.4. The second kappa shape index (κ2) is 31.1. The van der Waals surface area contributed by atoms with Crippen LogP contribution in [0.3, 0.4) is 0 Å². The molecule has 380 valence electrons. The second-order valence-electron chi connectivity index (χ2n) is 18.0. The molecule has 0 aliphatic carbocycles. The molecule has 0 unspecified atom stereocenters. The van der Waals surface area contributed by atoms with Gasteiger partial charge in [-0.15, -0.1) is 45.3 Å². The highest BCUT2D eigenvalue weighted by Crippen LogP contribution is 2.48. The molecule has 0 aliphatic rings. The maximum Gasteiger partial charge on any atom is 0.322 e. The van der Waals surface area contributed by atoms with Crippen molar-refractivity contribution in [3.05, 3.63) is 56.8 Å². The summed E-state index contributed by atoms with van der Waals surface area (Å²) >= 11 is 7.17. The van der Waals surface area contributed by atoms with Crippen LogP contribution in [-0.2, 0) is 49.7 Å². The zero-order valence-electron chi connectivity index (χ0n) is 41.8. The summed E-state index contributed by atoms with van der Waals surface area (Å²) in [7, 11) is 0. The number of thiophene rings is 4. The molecule has 69 heavy (non-hydrogen) atoms. The number of carbonyl (C=O) groups is 6. The summed E-state index contributed by atoms with van der Waals surface area (Å²) in [4.78, 5) is 83.3. The van der Waals surface area contributed by atoms with Crippen LogP contribution in [0.1, 0.15) is 176 Å². The standard InChI is InChI=1S/C53H77N5O7S4/c1-7-11-15-19-23-37-27-28-66-47(37)41-29-38(24-20-16-12-8-2)48(67-41)42-30-39(25-21-17-13-9-3)49(68-42)43-31-40(26-22-18-14-10-4)50(69-43)53(65)55-33-45(60)57-35(5)51(63)54-32-44(59)58-36(6)52(64)56-34-46(61)62/h27-31,35-36H,7-26,32-34H2,1-6H3,(H,54,63)(H,55,65)(H,56,64)(H,57,60)(H,58,59)(H,61,62)/t35-,36-/m0/s1. The van der Waals surface area contributed by atoms with E-state index in [2.05, 4.69) is 83.9 Å². The van der Waals surface area contributed by atoms with E-state index in [-0.39, 0.29) is 12.5 Å². The van der Waals surface area contributed by atoms with Crippen LogP contribution in [0.5, 0.6) is 0 Å². The molecule has 0 aromatic carbocycles. The Morgan fingerprint density at radius 2 is 0.899 bits per heavy atom. The molecule has 0 fully saturated rings. The van der Waals surface area contributed by atoms with Gasteiger partial charge in [0.15, 0.2) is 0 Å². The Morgan fingerprint density at radius 3 is 1.38 bits per heavy atom. The van der Waals surface area contributed by atoms with Crippen LogP contribution in [0.25, 0.3) is 29.3 Å². The van der Waals surface area contributed by atoms with E-state index >= 15 is 0 Å². The molecule has 16 heteroatoms.